The van der Waals surface area contributed by atoms with Gasteiger partial charge in [0.2, 0.25) is 0 Å². The Hall–Kier alpha value is -9.12. The Morgan fingerprint density at radius 1 is 0.315 bits per heavy atom. The molecule has 2 aliphatic carbocycles. The minimum atomic E-state index is -0.111. The van der Waals surface area contributed by atoms with Gasteiger partial charge in [0.15, 0.2) is 0 Å². The van der Waals surface area contributed by atoms with Crippen molar-refractivity contribution in [3.63, 3.8) is 0 Å². The highest BCUT2D eigenvalue weighted by Gasteiger charge is 2.46. The van der Waals surface area contributed by atoms with Crippen molar-refractivity contribution in [3.05, 3.63) is 264 Å². The molecule has 454 valence electrons. The van der Waals surface area contributed by atoms with Crippen molar-refractivity contribution in [1.29, 1.82) is 0 Å². The highest BCUT2D eigenvalue weighted by molar-refractivity contribution is 7.00. The number of fused-ring (bicyclic) bond motifs is 9. The summed E-state index contributed by atoms with van der Waals surface area (Å²) in [6.07, 6.45) is 2.28. The van der Waals surface area contributed by atoms with Gasteiger partial charge in [0.05, 0.1) is 16.7 Å². The van der Waals surface area contributed by atoms with Gasteiger partial charge in [-0.25, -0.2) is 0 Å². The van der Waals surface area contributed by atoms with Gasteiger partial charge in [-0.1, -0.05) is 267 Å². The summed E-state index contributed by atoms with van der Waals surface area (Å²) in [6, 6.07) is 89.6. The van der Waals surface area contributed by atoms with Crippen molar-refractivity contribution in [1.82, 2.24) is 4.57 Å². The Morgan fingerprint density at radius 2 is 0.674 bits per heavy atom. The second-order valence-corrected chi connectivity index (χ2v) is 32.0. The molecule has 1 aromatic heterocycles. The molecule has 0 saturated heterocycles. The fraction of sp³-hybridized carbons (Fsp3) is 0.250. The molecular formula is C88H84BN3. The van der Waals surface area contributed by atoms with E-state index in [0.29, 0.717) is 0 Å². The van der Waals surface area contributed by atoms with Crippen LogP contribution in [0.15, 0.2) is 231 Å². The number of aromatic nitrogens is 1. The Morgan fingerprint density at radius 3 is 1.09 bits per heavy atom. The second kappa shape index (κ2) is 20.2. The van der Waals surface area contributed by atoms with Gasteiger partial charge in [-0.05, 0) is 200 Å². The third-order valence-corrected chi connectivity index (χ3v) is 21.6. The van der Waals surface area contributed by atoms with Crippen LogP contribution in [0.2, 0.25) is 0 Å². The van der Waals surface area contributed by atoms with Gasteiger partial charge >= 0.3 is 0 Å². The number of hydrogen-bond donors (Lipinski definition) is 0. The van der Waals surface area contributed by atoms with E-state index < -0.39 is 0 Å². The van der Waals surface area contributed by atoms with E-state index in [4.69, 9.17) is 0 Å². The van der Waals surface area contributed by atoms with Gasteiger partial charge in [0.1, 0.15) is 0 Å². The first-order valence-corrected chi connectivity index (χ1v) is 33.6. The highest BCUT2D eigenvalue weighted by atomic mass is 15.2. The maximum atomic E-state index is 2.63. The molecular weight excluding hydrogens is 1110 g/mol. The third kappa shape index (κ3) is 9.05. The molecule has 16 rings (SSSR count). The molecule has 0 saturated carbocycles. The number of nitrogens with zero attached hydrogens (tertiary/aromatic N) is 3. The van der Waals surface area contributed by atoms with Gasteiger partial charge in [0.25, 0.3) is 6.71 Å². The summed E-state index contributed by atoms with van der Waals surface area (Å²) in [5.41, 5.74) is 33.1. The molecule has 0 amide bonds. The molecule has 0 bridgehead atoms. The Labute approximate surface area is 546 Å². The van der Waals surface area contributed by atoms with Crippen LogP contribution in [-0.2, 0) is 32.5 Å². The molecule has 4 heteroatoms. The van der Waals surface area contributed by atoms with Crippen molar-refractivity contribution in [2.24, 2.45) is 0 Å². The fourth-order valence-corrected chi connectivity index (χ4v) is 17.9. The number of anilines is 6. The zero-order valence-corrected chi connectivity index (χ0v) is 56.3. The average Bonchev–Trinajstić information content (AvgIpc) is 0.954. The monoisotopic (exact) mass is 1190 g/mol. The standard InChI is InChI=1S/C88H84BN3/c1-83(2,3)68-27-19-15-23-64(68)59-37-45-74-78(49-59)90(61-39-31-55(32-40-61)57-35-43-70-72(47-57)87(11,12)53-85(70,7)8)80-51-63(92-76-29-21-17-25-66(76)67-26-18-22-30-77(67)92)52-81-82(80)89(74)75-46-38-60(65-24-16-20-28-69(65)84(4,5)6)50-79(75)91(81)62-41-33-56(34-42-62)58-36-44-71-73(48-58)88(13,14)54-86(71,9)10/h15-52H,53-54H2,1-14H3. The third-order valence-electron chi connectivity index (χ3n) is 21.6. The summed E-state index contributed by atoms with van der Waals surface area (Å²) in [7, 11) is 0. The first kappa shape index (κ1) is 58.0. The van der Waals surface area contributed by atoms with Crippen LogP contribution < -0.4 is 26.2 Å². The van der Waals surface area contributed by atoms with Gasteiger partial charge in [0, 0.05) is 44.9 Å². The minimum Gasteiger partial charge on any atom is -0.311 e. The number of benzene rings is 11. The van der Waals surface area contributed by atoms with Crippen LogP contribution in [0.25, 0.3) is 72.0 Å². The van der Waals surface area contributed by atoms with Crippen LogP contribution in [0.5, 0.6) is 0 Å². The van der Waals surface area contributed by atoms with Crippen LogP contribution in [-0.4, -0.2) is 11.3 Å². The zero-order valence-electron chi connectivity index (χ0n) is 56.3. The van der Waals surface area contributed by atoms with E-state index >= 15 is 0 Å². The van der Waals surface area contributed by atoms with E-state index in [1.807, 2.05) is 0 Å². The van der Waals surface area contributed by atoms with Gasteiger partial charge in [-0.2, -0.15) is 0 Å². The lowest BCUT2D eigenvalue weighted by atomic mass is 9.33. The smallest absolute Gasteiger partial charge is 0.252 e. The topological polar surface area (TPSA) is 11.4 Å². The molecule has 0 atom stereocenters. The van der Waals surface area contributed by atoms with Crippen LogP contribution >= 0.6 is 0 Å². The zero-order chi connectivity index (χ0) is 63.8. The van der Waals surface area contributed by atoms with Crippen molar-refractivity contribution < 1.29 is 0 Å². The van der Waals surface area contributed by atoms with E-state index in [9.17, 15) is 0 Å². The van der Waals surface area contributed by atoms with Crippen LogP contribution in [0.1, 0.15) is 143 Å². The quantitative estimate of drug-likeness (QED) is 0.147. The predicted octanol–water partition coefficient (Wildman–Crippen LogP) is 22.0. The number of hydrogen-bond acceptors (Lipinski definition) is 2. The fourth-order valence-electron chi connectivity index (χ4n) is 17.9. The maximum Gasteiger partial charge on any atom is 0.252 e. The Kier molecular flexibility index (Phi) is 12.7. The predicted molar refractivity (Wildman–Crippen MR) is 395 cm³/mol. The second-order valence-electron chi connectivity index (χ2n) is 32.0. The molecule has 4 aliphatic rings. The van der Waals surface area contributed by atoms with Gasteiger partial charge < -0.3 is 14.4 Å². The number of para-hydroxylation sites is 2. The van der Waals surface area contributed by atoms with Crippen molar-refractivity contribution in [2.45, 2.75) is 142 Å². The average molecular weight is 1190 g/mol. The summed E-state index contributed by atoms with van der Waals surface area (Å²) in [5.74, 6) is 0. The lowest BCUT2D eigenvalue weighted by Crippen LogP contribution is -2.61. The summed E-state index contributed by atoms with van der Waals surface area (Å²) in [6.45, 7) is 33.3. The van der Waals surface area contributed by atoms with E-state index in [1.54, 1.807) is 0 Å². The highest BCUT2D eigenvalue weighted by Crippen LogP contribution is 2.54. The van der Waals surface area contributed by atoms with Crippen LogP contribution in [0, 0.1) is 0 Å². The summed E-state index contributed by atoms with van der Waals surface area (Å²) >= 11 is 0. The van der Waals surface area contributed by atoms with E-state index in [0.717, 1.165) is 29.9 Å². The first-order valence-electron chi connectivity index (χ1n) is 33.6. The summed E-state index contributed by atoms with van der Waals surface area (Å²) in [5, 5.41) is 2.48. The Bertz CT molecular complexity index is 4700. The van der Waals surface area contributed by atoms with E-state index in [-0.39, 0.29) is 39.2 Å². The Balaban J connectivity index is 0.979. The van der Waals surface area contributed by atoms with Crippen LogP contribution in [0.3, 0.4) is 0 Å². The van der Waals surface area contributed by atoms with E-state index in [2.05, 4.69) is 342 Å². The lowest BCUT2D eigenvalue weighted by molar-refractivity contribution is 0.402. The summed E-state index contributed by atoms with van der Waals surface area (Å²) in [4.78, 5) is 5.25. The molecule has 92 heavy (non-hydrogen) atoms. The normalized spacial score (nSPS) is 16.3. The lowest BCUT2D eigenvalue weighted by Gasteiger charge is -2.45. The molecule has 11 aromatic carbocycles. The molecule has 3 nitrogen and oxygen atoms in total. The first-order chi connectivity index (χ1) is 43.8. The molecule has 0 unspecified atom stereocenters. The van der Waals surface area contributed by atoms with Gasteiger partial charge in [-0.3, -0.25) is 0 Å². The minimum absolute atomic E-state index is 0.0776. The van der Waals surface area contributed by atoms with Crippen molar-refractivity contribution in [3.8, 4) is 50.2 Å². The maximum absolute atomic E-state index is 2.63. The largest absolute Gasteiger partial charge is 0.311 e. The molecule has 0 fully saturated rings. The number of rotatable bonds is 7. The molecule has 2 aliphatic heterocycles. The molecule has 0 radical (unpaired) electrons. The molecule has 3 heterocycles. The summed E-state index contributed by atoms with van der Waals surface area (Å²) < 4.78 is 2.53. The van der Waals surface area contributed by atoms with E-state index in [1.165, 1.54) is 139 Å². The van der Waals surface area contributed by atoms with Crippen LogP contribution in [0.4, 0.5) is 34.1 Å². The molecule has 0 N–H and O–H groups in total. The molecule has 0 spiro atoms. The SMILES string of the molecule is CC(C)(C)c1ccccc1-c1ccc2c(c1)N(c1ccc(-c3ccc4c(c3)C(C)(C)CC4(C)C)cc1)c1cc(-n3c4ccccc4c4ccccc43)cc3c1B2c1ccc(-c2ccccc2C(C)(C)C)cc1N3c1ccc(-c2ccc3c(c2)C(C)(C)CC3(C)C)cc1. The van der Waals surface area contributed by atoms with Gasteiger partial charge in [-0.15, -0.1) is 0 Å². The molecule has 12 aromatic rings. The van der Waals surface area contributed by atoms with Crippen molar-refractivity contribution >= 4 is 79.0 Å². The van der Waals surface area contributed by atoms with Crippen molar-refractivity contribution in [2.75, 3.05) is 9.80 Å².